The molecular formula is C100H174O28. The van der Waals surface area contributed by atoms with Gasteiger partial charge in [-0.05, 0) is 180 Å². The van der Waals surface area contributed by atoms with Crippen molar-refractivity contribution in [2.75, 3.05) is 92.5 Å². The fourth-order valence-electron chi connectivity index (χ4n) is 14.7. The molecule has 128 heavy (non-hydrogen) atoms. The summed E-state index contributed by atoms with van der Waals surface area (Å²) in [4.78, 5) is 208. The van der Waals surface area contributed by atoms with Gasteiger partial charge in [-0.3, -0.25) is 67.1 Å². The molecule has 14 atom stereocenters. The van der Waals surface area contributed by atoms with Crippen LogP contribution in [0.2, 0.25) is 0 Å². The molecule has 0 bridgehead atoms. The van der Waals surface area contributed by atoms with E-state index in [1.54, 1.807) is 13.8 Å². The molecule has 0 aliphatic carbocycles. The lowest BCUT2D eigenvalue weighted by Gasteiger charge is -2.30. The summed E-state index contributed by atoms with van der Waals surface area (Å²) in [6, 6.07) is 0. The number of unbranched alkanes of at least 4 members (excludes halogenated alkanes) is 14. The van der Waals surface area contributed by atoms with E-state index < -0.39 is 211 Å². The van der Waals surface area contributed by atoms with Gasteiger partial charge in [-0.2, -0.15) is 0 Å². The molecule has 0 saturated carbocycles. The summed E-state index contributed by atoms with van der Waals surface area (Å²) in [7, 11) is 0. The summed E-state index contributed by atoms with van der Waals surface area (Å²) in [6.07, 6.45) is 11.5. The van der Waals surface area contributed by atoms with Gasteiger partial charge in [-0.25, -0.2) is 0 Å². The Morgan fingerprint density at radius 2 is 0.234 bits per heavy atom. The minimum atomic E-state index is -1.44. The fraction of sp³-hybridized carbons (Fsp3) is 0.860. The van der Waals surface area contributed by atoms with Crippen molar-refractivity contribution in [3.05, 3.63) is 0 Å². The Bertz CT molecular complexity index is 3000. The maximum Gasteiger partial charge on any atom is 0.308 e. The summed E-state index contributed by atoms with van der Waals surface area (Å²) in [5.74, 6) is -28.0. The highest BCUT2D eigenvalue weighted by atomic mass is 16.6. The second-order valence-corrected chi connectivity index (χ2v) is 34.7. The highest BCUT2D eigenvalue weighted by Gasteiger charge is 2.45. The maximum absolute atomic E-state index is 15.4. The Balaban J connectivity index is 9.45. The molecule has 14 unspecified atom stereocenters. The molecule has 0 radical (unpaired) electrons. The molecule has 0 rings (SSSR count). The summed E-state index contributed by atoms with van der Waals surface area (Å²) in [6.45, 7) is 30.1. The van der Waals surface area contributed by atoms with Gasteiger partial charge in [-0.1, -0.05) is 201 Å². The molecule has 0 aromatic heterocycles. The van der Waals surface area contributed by atoms with Crippen LogP contribution in [0.5, 0.6) is 0 Å². The highest BCUT2D eigenvalue weighted by molar-refractivity contribution is 5.84. The maximum atomic E-state index is 15.4. The standard InChI is InChI=1S/C100H174O28/c1-17-32-46-115-87(101)73(16)60-75(89(103)117-48-34-19-3)62-77(91(105)119-50-36-21-5)64-79(93(107)121-52-38-23-7)66-81(95(109)123-54-40-25-9)68-83(97(111)125-56-42-27-11)70-85(99(113)127-58-44-29-13)72-86(100(114)128-59-45-30-14)71-84(98(112)126-57-43-28-12)69-82(96(110)124-55-41-26-10)67-80(94(108)122-53-39-24-8)65-78(92(106)120-51-37-22-6)63-76(90(104)118-49-35-20-4)61-74(31-15)88(102)116-47-33-18-2/h73-86H,17-72H2,1-16H3. The Hall–Kier alpha value is -7.42. The third kappa shape index (κ3) is 55.0. The van der Waals surface area contributed by atoms with Crippen molar-refractivity contribution in [2.24, 2.45) is 82.9 Å². The van der Waals surface area contributed by atoms with Crippen LogP contribution in [0.3, 0.4) is 0 Å². The Kier molecular flexibility index (Phi) is 73.7. The first-order valence-electron chi connectivity index (χ1n) is 50.0. The number of esters is 14. The van der Waals surface area contributed by atoms with E-state index in [0.29, 0.717) is 167 Å². The van der Waals surface area contributed by atoms with Gasteiger partial charge in [-0.15, -0.1) is 0 Å². The number of hydrogen-bond donors (Lipinski definition) is 0. The van der Waals surface area contributed by atoms with Crippen LogP contribution in [0.4, 0.5) is 0 Å². The molecule has 28 heteroatoms. The van der Waals surface area contributed by atoms with Gasteiger partial charge in [0.1, 0.15) is 0 Å². The first-order chi connectivity index (χ1) is 61.7. The Morgan fingerprint density at radius 1 is 0.141 bits per heavy atom. The Morgan fingerprint density at radius 3 is 0.344 bits per heavy atom. The predicted octanol–water partition coefficient (Wildman–Crippen LogP) is 19.9. The number of ether oxygens (including phenoxy) is 14. The van der Waals surface area contributed by atoms with Gasteiger partial charge in [0.05, 0.1) is 175 Å². The molecule has 28 nitrogen and oxygen atoms in total. The lowest BCUT2D eigenvalue weighted by Crippen LogP contribution is -2.36. The largest absolute Gasteiger partial charge is 0.465 e. The topological polar surface area (TPSA) is 368 Å². The van der Waals surface area contributed by atoms with Gasteiger partial charge < -0.3 is 66.3 Å². The van der Waals surface area contributed by atoms with Gasteiger partial charge in [0.2, 0.25) is 0 Å². The van der Waals surface area contributed by atoms with Gasteiger partial charge in [0, 0.05) is 0 Å². The van der Waals surface area contributed by atoms with Crippen LogP contribution in [-0.4, -0.2) is 176 Å². The summed E-state index contributed by atoms with van der Waals surface area (Å²) >= 11 is 0. The van der Waals surface area contributed by atoms with E-state index in [0.717, 1.165) is 12.8 Å². The normalized spacial score (nSPS) is 14.6. The molecule has 0 aromatic carbocycles. The molecule has 742 valence electrons. The van der Waals surface area contributed by atoms with Crippen molar-refractivity contribution in [1.29, 1.82) is 0 Å². The van der Waals surface area contributed by atoms with E-state index in [4.69, 9.17) is 66.3 Å². The first kappa shape index (κ1) is 121. The third-order valence-corrected chi connectivity index (χ3v) is 23.1. The van der Waals surface area contributed by atoms with Crippen molar-refractivity contribution in [1.82, 2.24) is 0 Å². The van der Waals surface area contributed by atoms with Crippen LogP contribution in [0.25, 0.3) is 0 Å². The minimum Gasteiger partial charge on any atom is -0.465 e. The summed E-state index contributed by atoms with van der Waals surface area (Å²) in [5.41, 5.74) is 0. The SMILES string of the molecule is CCCCOC(=O)C(C)CC(CC(CC(CC(CC(CC(CC(CC(CC(CC(CC(CC(CC(CC)C(=O)OCCCC)C(=O)OCCCC)C(=O)OCCCC)C(=O)OCCCC)C(=O)OCCCC)C(=O)OCCCC)C(=O)OCCCC)C(=O)OCCCC)C(=O)OCCCC)C(=O)OCCCC)C(=O)OCCCC)C(=O)OCCCC)C(=O)OCCCC. The highest BCUT2D eigenvalue weighted by Crippen LogP contribution is 2.40. The third-order valence-electron chi connectivity index (χ3n) is 23.1. The molecule has 0 fully saturated rings. The van der Waals surface area contributed by atoms with Crippen molar-refractivity contribution in [2.45, 2.75) is 380 Å². The van der Waals surface area contributed by atoms with E-state index in [9.17, 15) is 28.8 Å². The minimum absolute atomic E-state index is 0.000644. The zero-order valence-electron chi connectivity index (χ0n) is 82.1. The monoisotopic (exact) mass is 1820 g/mol. The first-order valence-corrected chi connectivity index (χ1v) is 50.0. The molecule has 0 saturated heterocycles. The van der Waals surface area contributed by atoms with E-state index in [1.165, 1.54) is 0 Å². The zero-order chi connectivity index (χ0) is 95.7. The number of carbonyl (C=O) groups is 14. The van der Waals surface area contributed by atoms with Crippen molar-refractivity contribution >= 4 is 83.6 Å². The van der Waals surface area contributed by atoms with Crippen LogP contribution in [0.1, 0.15) is 380 Å². The molecule has 0 spiro atoms. The van der Waals surface area contributed by atoms with Gasteiger partial charge in [0.15, 0.2) is 0 Å². The van der Waals surface area contributed by atoms with E-state index >= 15 is 38.4 Å². The average molecular weight is 1820 g/mol. The summed E-state index contributed by atoms with van der Waals surface area (Å²) in [5, 5.41) is 0. The van der Waals surface area contributed by atoms with Crippen molar-refractivity contribution in [3.8, 4) is 0 Å². The molecule has 0 aliphatic heterocycles. The summed E-state index contributed by atoms with van der Waals surface area (Å²) < 4.78 is 83.2. The number of rotatable bonds is 83. The van der Waals surface area contributed by atoms with E-state index in [1.807, 2.05) is 96.9 Å². The molecule has 0 amide bonds. The lowest BCUT2D eigenvalue weighted by atomic mass is 9.76. The van der Waals surface area contributed by atoms with Crippen LogP contribution >= 0.6 is 0 Å². The smallest absolute Gasteiger partial charge is 0.308 e. The van der Waals surface area contributed by atoms with E-state index in [2.05, 4.69) is 0 Å². The van der Waals surface area contributed by atoms with Gasteiger partial charge in [0.25, 0.3) is 0 Å². The second kappa shape index (κ2) is 78.3. The van der Waals surface area contributed by atoms with Crippen LogP contribution in [0, 0.1) is 82.9 Å². The van der Waals surface area contributed by atoms with Crippen LogP contribution in [-0.2, 0) is 133 Å². The molecule has 0 aliphatic rings. The van der Waals surface area contributed by atoms with Crippen LogP contribution < -0.4 is 0 Å². The quantitative estimate of drug-likeness (QED) is 0.0310. The molecule has 0 aromatic rings. The molecule has 0 heterocycles. The lowest BCUT2D eigenvalue weighted by molar-refractivity contribution is -0.161. The molecular weight excluding hydrogens is 1650 g/mol. The number of hydrogen-bond acceptors (Lipinski definition) is 28. The number of carbonyl (C=O) groups excluding carboxylic acids is 14. The van der Waals surface area contributed by atoms with Crippen LogP contribution in [0.15, 0.2) is 0 Å². The van der Waals surface area contributed by atoms with Crippen molar-refractivity contribution < 1.29 is 133 Å². The van der Waals surface area contributed by atoms with E-state index in [-0.39, 0.29) is 137 Å². The second-order valence-electron chi connectivity index (χ2n) is 34.7. The Labute approximate surface area is 769 Å². The van der Waals surface area contributed by atoms with Crippen molar-refractivity contribution in [3.63, 3.8) is 0 Å². The molecule has 0 N–H and O–H groups in total. The zero-order valence-corrected chi connectivity index (χ0v) is 82.1. The fourth-order valence-corrected chi connectivity index (χ4v) is 14.7. The van der Waals surface area contributed by atoms with Gasteiger partial charge >= 0.3 is 83.6 Å². The predicted molar refractivity (Wildman–Crippen MR) is 487 cm³/mol. The average Bonchev–Trinajstić information content (AvgIpc) is 0.838.